The van der Waals surface area contributed by atoms with Crippen LogP contribution in [0.4, 0.5) is 0 Å². The van der Waals surface area contributed by atoms with E-state index in [4.69, 9.17) is 14.3 Å². The molecule has 0 spiro atoms. The van der Waals surface area contributed by atoms with Crippen LogP contribution in [0.25, 0.3) is 0 Å². The van der Waals surface area contributed by atoms with E-state index in [1.807, 2.05) is 53.8 Å². The molecule has 0 N–H and O–H groups in total. The van der Waals surface area contributed by atoms with E-state index in [2.05, 4.69) is 170 Å². The normalized spacial score (nSPS) is 13.3. The molecular weight excluding hydrogens is 813 g/mol. The van der Waals surface area contributed by atoms with Crippen LogP contribution in [0.3, 0.4) is 0 Å². The first-order valence-electron chi connectivity index (χ1n) is 19.9. The van der Waals surface area contributed by atoms with Crippen molar-refractivity contribution in [2.24, 2.45) is 0 Å². The van der Waals surface area contributed by atoms with Gasteiger partial charge in [0.2, 0.25) is 0 Å². The fourth-order valence-electron chi connectivity index (χ4n) is 8.11. The van der Waals surface area contributed by atoms with Crippen molar-refractivity contribution in [3.8, 4) is 23.0 Å². The number of hydrogen-bond donors (Lipinski definition) is 0. The van der Waals surface area contributed by atoms with Crippen LogP contribution in [-0.2, 0) is 30.5 Å². The molecule has 60 heavy (non-hydrogen) atoms. The van der Waals surface area contributed by atoms with Crippen molar-refractivity contribution in [2.75, 3.05) is 0 Å². The highest BCUT2D eigenvalue weighted by molar-refractivity contribution is 8.00. The van der Waals surface area contributed by atoms with Crippen LogP contribution in [0, 0.1) is 0 Å². The van der Waals surface area contributed by atoms with E-state index in [1.54, 1.807) is 0 Å². The molecule has 0 radical (unpaired) electrons. The predicted octanol–water partition coefficient (Wildman–Crippen LogP) is 15.0. The Balaban J connectivity index is 0.000000139. The molecule has 7 heteroatoms. The van der Waals surface area contributed by atoms with Crippen molar-refractivity contribution in [1.82, 2.24) is 0 Å². The standard InChI is InChI=1S/2C26H18OS2.CH2O/c2*1-3-11-23-17(7-1)15-19-21(9-5-13-25(19)28-23)27-22-10-6-14-26-20(22)16-18-8-2-4-12-24(18)29-26;1-2/h2*1-14H,15-16H2;1H2. The molecule has 0 bridgehead atoms. The van der Waals surface area contributed by atoms with Gasteiger partial charge in [-0.25, -0.2) is 0 Å². The molecule has 12 rings (SSSR count). The van der Waals surface area contributed by atoms with Gasteiger partial charge < -0.3 is 14.3 Å². The molecule has 8 aromatic rings. The van der Waals surface area contributed by atoms with Gasteiger partial charge in [-0.3, -0.25) is 0 Å². The Bertz CT molecular complexity index is 2520. The summed E-state index contributed by atoms with van der Waals surface area (Å²) in [6.45, 7) is 2.00. The van der Waals surface area contributed by atoms with Crippen LogP contribution < -0.4 is 9.47 Å². The predicted molar refractivity (Wildman–Crippen MR) is 247 cm³/mol. The second kappa shape index (κ2) is 17.2. The molecule has 4 aliphatic rings. The summed E-state index contributed by atoms with van der Waals surface area (Å²) in [6, 6.07) is 60.3. The number of ether oxygens (including phenoxy) is 2. The largest absolute Gasteiger partial charge is 0.457 e. The Kier molecular flexibility index (Phi) is 11.1. The van der Waals surface area contributed by atoms with Crippen molar-refractivity contribution < 1.29 is 14.3 Å². The Morgan fingerprint density at radius 1 is 0.283 bits per heavy atom. The van der Waals surface area contributed by atoms with Gasteiger partial charge >= 0.3 is 0 Å². The van der Waals surface area contributed by atoms with Gasteiger partial charge in [-0.1, -0.05) is 144 Å². The molecule has 0 aromatic heterocycles. The lowest BCUT2D eigenvalue weighted by atomic mass is 10.0. The lowest BCUT2D eigenvalue weighted by molar-refractivity contribution is -0.0980. The maximum absolute atomic E-state index is 8.00. The molecule has 4 aliphatic heterocycles. The Labute approximate surface area is 368 Å². The van der Waals surface area contributed by atoms with Gasteiger partial charge in [0.25, 0.3) is 0 Å². The zero-order valence-corrected chi connectivity index (χ0v) is 35.8. The minimum Gasteiger partial charge on any atom is -0.457 e. The molecule has 3 nitrogen and oxygen atoms in total. The zero-order valence-electron chi connectivity index (χ0n) is 32.6. The van der Waals surface area contributed by atoms with Crippen molar-refractivity contribution in [1.29, 1.82) is 0 Å². The van der Waals surface area contributed by atoms with E-state index < -0.39 is 0 Å². The minimum atomic E-state index is 0.918. The number of fused-ring (bicyclic) bond motifs is 8. The van der Waals surface area contributed by atoms with Crippen molar-refractivity contribution >= 4 is 53.8 Å². The van der Waals surface area contributed by atoms with E-state index >= 15 is 0 Å². The summed E-state index contributed by atoms with van der Waals surface area (Å²) >= 11 is 7.37. The van der Waals surface area contributed by atoms with Crippen LogP contribution in [0.15, 0.2) is 209 Å². The van der Waals surface area contributed by atoms with Crippen LogP contribution in [-0.4, -0.2) is 6.79 Å². The summed E-state index contributed by atoms with van der Waals surface area (Å²) in [4.78, 5) is 18.6. The van der Waals surface area contributed by atoms with Crippen LogP contribution >= 0.6 is 47.0 Å². The van der Waals surface area contributed by atoms with E-state index in [1.165, 1.54) is 83.7 Å². The van der Waals surface area contributed by atoms with Gasteiger partial charge in [0.05, 0.1) is 0 Å². The highest BCUT2D eigenvalue weighted by atomic mass is 32.2. The molecule has 4 heterocycles. The van der Waals surface area contributed by atoms with E-state index in [9.17, 15) is 0 Å². The van der Waals surface area contributed by atoms with Gasteiger partial charge in [0.15, 0.2) is 0 Å². The summed E-state index contributed by atoms with van der Waals surface area (Å²) in [5.74, 6) is 3.90. The fraction of sp³-hybridized carbons (Fsp3) is 0.0755. The van der Waals surface area contributed by atoms with Gasteiger partial charge in [-0.15, -0.1) is 0 Å². The summed E-state index contributed by atoms with van der Waals surface area (Å²) < 4.78 is 13.2. The fourth-order valence-corrected chi connectivity index (χ4v) is 12.5. The summed E-state index contributed by atoms with van der Waals surface area (Å²) in [5.41, 5.74) is 10.7. The summed E-state index contributed by atoms with van der Waals surface area (Å²) in [5, 5.41) is 0. The Morgan fingerprint density at radius 3 is 0.750 bits per heavy atom. The van der Waals surface area contributed by atoms with Crippen LogP contribution in [0.5, 0.6) is 23.0 Å². The van der Waals surface area contributed by atoms with E-state index in [0.717, 1.165) is 48.7 Å². The third kappa shape index (κ3) is 7.67. The number of benzene rings is 8. The van der Waals surface area contributed by atoms with Crippen LogP contribution in [0.2, 0.25) is 0 Å². The van der Waals surface area contributed by atoms with Crippen molar-refractivity contribution in [2.45, 2.75) is 64.8 Å². The molecule has 0 saturated carbocycles. The topological polar surface area (TPSA) is 35.5 Å². The summed E-state index contributed by atoms with van der Waals surface area (Å²) in [6.07, 6.45) is 3.67. The quantitative estimate of drug-likeness (QED) is 0.175. The number of hydrogen-bond acceptors (Lipinski definition) is 7. The van der Waals surface area contributed by atoms with Gasteiger partial charge in [-0.05, 0) is 95.1 Å². The molecule has 0 saturated heterocycles. The smallest absolute Gasteiger partial charge is 0.132 e. The molecule has 0 unspecified atom stereocenters. The molecule has 0 amide bonds. The molecule has 8 aromatic carbocycles. The first-order valence-corrected chi connectivity index (χ1v) is 23.1. The molecule has 0 aliphatic carbocycles. The van der Waals surface area contributed by atoms with Crippen LogP contribution in [0.1, 0.15) is 44.5 Å². The van der Waals surface area contributed by atoms with E-state index in [-0.39, 0.29) is 0 Å². The maximum Gasteiger partial charge on any atom is 0.132 e. The molecule has 0 fully saturated rings. The second-order valence-corrected chi connectivity index (χ2v) is 19.0. The summed E-state index contributed by atoms with van der Waals surface area (Å²) in [7, 11) is 0. The van der Waals surface area contributed by atoms with E-state index in [0.29, 0.717) is 0 Å². The highest BCUT2D eigenvalue weighted by Crippen LogP contribution is 2.49. The molecule has 292 valence electrons. The average molecular weight is 851 g/mol. The first-order chi connectivity index (χ1) is 29.7. The minimum absolute atomic E-state index is 0.918. The lowest BCUT2D eigenvalue weighted by Crippen LogP contribution is -2.04. The third-order valence-corrected chi connectivity index (χ3v) is 15.9. The number of carbonyl (C=O) groups is 1. The van der Waals surface area contributed by atoms with Crippen molar-refractivity contribution in [3.05, 3.63) is 214 Å². The number of carbonyl (C=O) groups excluding carboxylic acids is 1. The maximum atomic E-state index is 8.00. The average Bonchev–Trinajstić information content (AvgIpc) is 3.30. The Morgan fingerprint density at radius 2 is 0.500 bits per heavy atom. The Hall–Kier alpha value is -5.57. The third-order valence-electron chi connectivity index (χ3n) is 11.0. The molecule has 0 atom stereocenters. The van der Waals surface area contributed by atoms with Gasteiger partial charge in [0.1, 0.15) is 29.8 Å². The number of rotatable bonds is 4. The van der Waals surface area contributed by atoms with Crippen molar-refractivity contribution in [3.63, 3.8) is 0 Å². The molecular formula is C53H38O3S4. The first kappa shape index (κ1) is 38.6. The SMILES string of the molecule is C=O.c1ccc2c(c1)Cc1c(Oc3cccc4c3Cc3ccccc3S4)cccc1S2.c1ccc2c(c1)Cc1c(Oc3cccc4c3Cc3ccccc3S4)cccc1S2. The monoisotopic (exact) mass is 850 g/mol. The second-order valence-electron chi connectivity index (χ2n) is 14.7. The van der Waals surface area contributed by atoms with Gasteiger partial charge in [-0.2, -0.15) is 0 Å². The zero-order chi connectivity index (χ0) is 40.4. The van der Waals surface area contributed by atoms with Gasteiger partial charge in [0, 0.05) is 87.1 Å². The highest BCUT2D eigenvalue weighted by Gasteiger charge is 2.25. The lowest BCUT2D eigenvalue weighted by Gasteiger charge is -2.24.